The molecular formula is C14H19F3O3. The molecule has 1 aromatic rings. The summed E-state index contributed by atoms with van der Waals surface area (Å²) in [5.74, 6) is 0.278. The lowest BCUT2D eigenvalue weighted by Gasteiger charge is -2.31. The first-order valence-corrected chi connectivity index (χ1v) is 6.49. The second-order valence-corrected chi connectivity index (χ2v) is 4.24. The highest BCUT2D eigenvalue weighted by molar-refractivity contribution is 5.44. The van der Waals surface area contributed by atoms with Gasteiger partial charge in [-0.3, -0.25) is 0 Å². The maximum Gasteiger partial charge on any atom is 0.421 e. The molecule has 0 aliphatic rings. The van der Waals surface area contributed by atoms with Crippen LogP contribution in [0.4, 0.5) is 13.2 Å². The highest BCUT2D eigenvalue weighted by atomic mass is 19.4. The molecule has 0 saturated heterocycles. The van der Waals surface area contributed by atoms with Crippen molar-refractivity contribution in [3.63, 3.8) is 0 Å². The predicted molar refractivity (Wildman–Crippen MR) is 69.0 cm³/mol. The van der Waals surface area contributed by atoms with Crippen molar-refractivity contribution in [1.29, 1.82) is 0 Å². The van der Waals surface area contributed by atoms with Crippen LogP contribution < -0.4 is 9.47 Å². The van der Waals surface area contributed by atoms with Gasteiger partial charge in [0.25, 0.3) is 0 Å². The molecular weight excluding hydrogens is 273 g/mol. The number of hydrogen-bond acceptors (Lipinski definition) is 3. The Morgan fingerprint density at radius 2 is 1.65 bits per heavy atom. The van der Waals surface area contributed by atoms with E-state index in [2.05, 4.69) is 0 Å². The molecule has 0 spiro atoms. The molecule has 1 rings (SSSR count). The smallest absolute Gasteiger partial charge is 0.421 e. The molecule has 0 bridgehead atoms. The fourth-order valence-electron chi connectivity index (χ4n) is 1.91. The summed E-state index contributed by atoms with van der Waals surface area (Å²) in [6.07, 6.45) is -5.30. The van der Waals surface area contributed by atoms with Crippen molar-refractivity contribution in [1.82, 2.24) is 0 Å². The van der Waals surface area contributed by atoms with Crippen LogP contribution in [-0.4, -0.2) is 24.5 Å². The van der Waals surface area contributed by atoms with Gasteiger partial charge in [0.2, 0.25) is 0 Å². The van der Waals surface area contributed by atoms with Gasteiger partial charge in [-0.05, 0) is 38.5 Å². The van der Waals surface area contributed by atoms with E-state index in [9.17, 15) is 18.3 Å². The second kappa shape index (κ2) is 6.35. The summed E-state index contributed by atoms with van der Waals surface area (Å²) in [6, 6.07) is 4.09. The van der Waals surface area contributed by atoms with Gasteiger partial charge in [-0.25, -0.2) is 0 Å². The van der Waals surface area contributed by atoms with E-state index in [1.54, 1.807) is 13.8 Å². The van der Waals surface area contributed by atoms with Crippen LogP contribution >= 0.6 is 0 Å². The average Bonchev–Trinajstić information content (AvgIpc) is 2.39. The van der Waals surface area contributed by atoms with E-state index in [-0.39, 0.29) is 23.7 Å². The first-order valence-electron chi connectivity index (χ1n) is 6.49. The number of rotatable bonds is 6. The fraction of sp³-hybridized carbons (Fsp3) is 0.571. The van der Waals surface area contributed by atoms with Gasteiger partial charge in [0.05, 0.1) is 13.2 Å². The molecule has 20 heavy (non-hydrogen) atoms. The molecule has 3 nitrogen and oxygen atoms in total. The van der Waals surface area contributed by atoms with Crippen LogP contribution in [0.5, 0.6) is 11.5 Å². The third kappa shape index (κ3) is 3.17. The number of aliphatic hydroxyl groups is 1. The van der Waals surface area contributed by atoms with Crippen molar-refractivity contribution in [3.05, 3.63) is 23.8 Å². The molecule has 0 amide bonds. The van der Waals surface area contributed by atoms with Crippen molar-refractivity contribution in [2.24, 2.45) is 0 Å². The summed E-state index contributed by atoms with van der Waals surface area (Å²) in [5.41, 5.74) is -3.27. The van der Waals surface area contributed by atoms with Gasteiger partial charge in [0.15, 0.2) is 5.60 Å². The van der Waals surface area contributed by atoms with Crippen LogP contribution in [0, 0.1) is 0 Å². The van der Waals surface area contributed by atoms with E-state index >= 15 is 0 Å². The molecule has 114 valence electrons. The Kier molecular flexibility index (Phi) is 5.28. The molecule has 0 aliphatic heterocycles. The average molecular weight is 292 g/mol. The quantitative estimate of drug-likeness (QED) is 0.870. The largest absolute Gasteiger partial charge is 0.494 e. The number of benzene rings is 1. The standard InChI is InChI=1S/C14H19F3O3/c1-4-13(18,14(15,16)17)11-9-10(19-5-2)7-8-12(11)20-6-3/h7-9,18H,4-6H2,1-3H3. The molecule has 1 N–H and O–H groups in total. The van der Waals surface area contributed by atoms with E-state index in [1.165, 1.54) is 25.1 Å². The van der Waals surface area contributed by atoms with E-state index in [0.717, 1.165) is 0 Å². The van der Waals surface area contributed by atoms with E-state index < -0.39 is 18.2 Å². The maximum atomic E-state index is 13.2. The molecule has 6 heteroatoms. The minimum Gasteiger partial charge on any atom is -0.494 e. The third-order valence-corrected chi connectivity index (χ3v) is 2.99. The molecule has 1 unspecified atom stereocenters. The highest BCUT2D eigenvalue weighted by Gasteiger charge is 2.55. The van der Waals surface area contributed by atoms with Crippen molar-refractivity contribution < 1.29 is 27.8 Å². The summed E-state index contributed by atoms with van der Waals surface area (Å²) in [7, 11) is 0. The molecule has 1 aromatic carbocycles. The number of hydrogen-bond donors (Lipinski definition) is 1. The fourth-order valence-corrected chi connectivity index (χ4v) is 1.91. The molecule has 0 heterocycles. The topological polar surface area (TPSA) is 38.7 Å². The minimum atomic E-state index is -4.79. The lowest BCUT2D eigenvalue weighted by molar-refractivity contribution is -0.268. The van der Waals surface area contributed by atoms with Gasteiger partial charge in [-0.2, -0.15) is 13.2 Å². The summed E-state index contributed by atoms with van der Waals surface area (Å²) >= 11 is 0. The van der Waals surface area contributed by atoms with E-state index in [4.69, 9.17) is 9.47 Å². The van der Waals surface area contributed by atoms with Crippen molar-refractivity contribution >= 4 is 0 Å². The molecule has 0 aromatic heterocycles. The summed E-state index contributed by atoms with van der Waals surface area (Å²) in [6.45, 7) is 5.20. The van der Waals surface area contributed by atoms with Gasteiger partial charge in [0, 0.05) is 5.56 Å². The van der Waals surface area contributed by atoms with Crippen molar-refractivity contribution in [2.75, 3.05) is 13.2 Å². The van der Waals surface area contributed by atoms with Crippen molar-refractivity contribution in [2.45, 2.75) is 39.0 Å². The number of halogens is 3. The molecule has 0 fully saturated rings. The third-order valence-electron chi connectivity index (χ3n) is 2.99. The van der Waals surface area contributed by atoms with Crippen LogP contribution in [0.15, 0.2) is 18.2 Å². The molecule has 0 aliphatic carbocycles. The predicted octanol–water partition coefficient (Wildman–Crippen LogP) is 3.64. The summed E-state index contributed by atoms with van der Waals surface area (Å²) in [5, 5.41) is 10.1. The van der Waals surface area contributed by atoms with E-state index in [1.807, 2.05) is 0 Å². The maximum absolute atomic E-state index is 13.2. The summed E-state index contributed by atoms with van der Waals surface area (Å²) in [4.78, 5) is 0. The van der Waals surface area contributed by atoms with E-state index in [0.29, 0.717) is 6.61 Å². The van der Waals surface area contributed by atoms with Crippen LogP contribution in [0.2, 0.25) is 0 Å². The zero-order valence-electron chi connectivity index (χ0n) is 11.8. The normalized spacial score (nSPS) is 14.8. The zero-order valence-corrected chi connectivity index (χ0v) is 11.8. The van der Waals surface area contributed by atoms with Gasteiger partial charge >= 0.3 is 6.18 Å². The van der Waals surface area contributed by atoms with Crippen LogP contribution in [0.1, 0.15) is 32.8 Å². The summed E-state index contributed by atoms with van der Waals surface area (Å²) < 4.78 is 49.9. The van der Waals surface area contributed by atoms with Gasteiger partial charge in [0.1, 0.15) is 11.5 Å². The van der Waals surface area contributed by atoms with Crippen LogP contribution in [0.25, 0.3) is 0 Å². The lowest BCUT2D eigenvalue weighted by atomic mass is 9.89. The van der Waals surface area contributed by atoms with Crippen LogP contribution in [-0.2, 0) is 5.60 Å². The Morgan fingerprint density at radius 3 is 2.10 bits per heavy atom. The SMILES string of the molecule is CCOc1ccc(OCC)c(C(O)(CC)C(F)(F)F)c1. The highest BCUT2D eigenvalue weighted by Crippen LogP contribution is 2.46. The monoisotopic (exact) mass is 292 g/mol. The Morgan fingerprint density at radius 1 is 1.05 bits per heavy atom. The lowest BCUT2D eigenvalue weighted by Crippen LogP contribution is -2.42. The Labute approximate surface area is 116 Å². The number of ether oxygens (including phenoxy) is 2. The Hall–Kier alpha value is -1.43. The Balaban J connectivity index is 3.40. The first-order chi connectivity index (χ1) is 9.30. The minimum absolute atomic E-state index is 0.0117. The Bertz CT molecular complexity index is 446. The molecule has 1 atom stereocenters. The first kappa shape index (κ1) is 16.6. The molecule has 0 radical (unpaired) electrons. The number of alkyl halides is 3. The molecule has 0 saturated carbocycles. The zero-order chi connectivity index (χ0) is 15.4. The van der Waals surface area contributed by atoms with Crippen molar-refractivity contribution in [3.8, 4) is 11.5 Å². The second-order valence-electron chi connectivity index (χ2n) is 4.24. The van der Waals surface area contributed by atoms with Gasteiger partial charge < -0.3 is 14.6 Å². The van der Waals surface area contributed by atoms with Gasteiger partial charge in [-0.1, -0.05) is 6.92 Å². The van der Waals surface area contributed by atoms with Gasteiger partial charge in [-0.15, -0.1) is 0 Å². The van der Waals surface area contributed by atoms with Crippen LogP contribution in [0.3, 0.4) is 0 Å².